The van der Waals surface area contributed by atoms with Crippen LogP contribution in [0.1, 0.15) is 24.5 Å². The lowest BCUT2D eigenvalue weighted by Crippen LogP contribution is -2.46. The van der Waals surface area contributed by atoms with Crippen molar-refractivity contribution in [3.63, 3.8) is 0 Å². The minimum Gasteiger partial charge on any atom is -0.359 e. The van der Waals surface area contributed by atoms with Crippen LogP contribution in [0, 0.1) is 11.3 Å². The van der Waals surface area contributed by atoms with Gasteiger partial charge in [0.05, 0.1) is 23.6 Å². The summed E-state index contributed by atoms with van der Waals surface area (Å²) in [5.74, 6) is -0.565. The van der Waals surface area contributed by atoms with Crippen LogP contribution in [0.3, 0.4) is 0 Å². The molecule has 0 aliphatic heterocycles. The third kappa shape index (κ3) is 5.54. The molecule has 0 saturated carbocycles. The molecule has 0 spiro atoms. The number of nitrogens with zero attached hydrogens (tertiary/aromatic N) is 3. The Kier molecular flexibility index (Phi) is 6.52. The topological polar surface area (TPSA) is 47.3 Å². The lowest BCUT2D eigenvalue weighted by atomic mass is 10.1. The summed E-state index contributed by atoms with van der Waals surface area (Å²) in [5, 5.41) is 8.82. The molecule has 0 radical (unpaired) electrons. The number of halogens is 6. The summed E-state index contributed by atoms with van der Waals surface area (Å²) >= 11 is 0. The SMILES string of the molecule is CC(C(=O)N(C)C)N(CCC(F)(F)F)c1ccc(C#N)c(C(F)(F)F)c1. The summed E-state index contributed by atoms with van der Waals surface area (Å²) in [7, 11) is 2.78. The van der Waals surface area contributed by atoms with Crippen LogP contribution in [-0.2, 0) is 11.0 Å². The summed E-state index contributed by atoms with van der Waals surface area (Å²) in [5.41, 5.74) is -2.13. The van der Waals surface area contributed by atoms with Gasteiger partial charge >= 0.3 is 12.4 Å². The molecular formula is C16H17F6N3O. The van der Waals surface area contributed by atoms with Crippen molar-refractivity contribution in [3.05, 3.63) is 29.3 Å². The number of anilines is 1. The number of likely N-dealkylation sites (N-methyl/N-ethyl adjacent to an activating group) is 1. The molecule has 0 aliphatic carbocycles. The first kappa shape index (κ1) is 21.6. The number of alkyl halides is 6. The number of nitriles is 1. The summed E-state index contributed by atoms with van der Waals surface area (Å²) in [6, 6.07) is 2.85. The van der Waals surface area contributed by atoms with Gasteiger partial charge in [0.1, 0.15) is 6.04 Å². The van der Waals surface area contributed by atoms with E-state index in [0.29, 0.717) is 6.07 Å². The Balaban J connectivity index is 3.38. The van der Waals surface area contributed by atoms with Crippen molar-refractivity contribution in [1.82, 2.24) is 4.90 Å². The number of carbonyl (C=O) groups excluding carboxylic acids is 1. The average molecular weight is 381 g/mol. The molecule has 10 heteroatoms. The van der Waals surface area contributed by atoms with Crippen LogP contribution in [0.25, 0.3) is 0 Å². The van der Waals surface area contributed by atoms with E-state index in [4.69, 9.17) is 5.26 Å². The van der Waals surface area contributed by atoms with Crippen molar-refractivity contribution in [3.8, 4) is 6.07 Å². The molecule has 1 atom stereocenters. The minimum atomic E-state index is -4.86. The number of rotatable bonds is 5. The number of benzene rings is 1. The van der Waals surface area contributed by atoms with Crippen molar-refractivity contribution in [2.75, 3.05) is 25.5 Å². The van der Waals surface area contributed by atoms with E-state index in [2.05, 4.69) is 0 Å². The summed E-state index contributed by atoms with van der Waals surface area (Å²) in [6.07, 6.45) is -10.7. The quantitative estimate of drug-likeness (QED) is 0.729. The van der Waals surface area contributed by atoms with Crippen LogP contribution in [0.2, 0.25) is 0 Å². The predicted octanol–water partition coefficient (Wildman–Crippen LogP) is 3.81. The maximum atomic E-state index is 13.1. The Labute approximate surface area is 146 Å². The first-order chi connectivity index (χ1) is 11.8. The second-order valence-corrected chi connectivity index (χ2v) is 5.81. The Bertz CT molecular complexity index is 691. The molecule has 26 heavy (non-hydrogen) atoms. The van der Waals surface area contributed by atoms with Crippen molar-refractivity contribution >= 4 is 11.6 Å². The standard InChI is InChI=1S/C16H17F6N3O/c1-10(14(26)24(2)3)25(7-6-15(17,18)19)12-5-4-11(9-23)13(8-12)16(20,21)22/h4-5,8,10H,6-7H2,1-3H3. The fourth-order valence-electron chi connectivity index (χ4n) is 2.34. The van der Waals surface area contributed by atoms with Gasteiger partial charge in [0.2, 0.25) is 5.91 Å². The fraction of sp³-hybridized carbons (Fsp3) is 0.500. The van der Waals surface area contributed by atoms with Crippen LogP contribution >= 0.6 is 0 Å². The van der Waals surface area contributed by atoms with Crippen LogP contribution in [-0.4, -0.2) is 43.7 Å². The van der Waals surface area contributed by atoms with E-state index >= 15 is 0 Å². The first-order valence-electron chi connectivity index (χ1n) is 7.44. The molecular weight excluding hydrogens is 364 g/mol. The van der Waals surface area contributed by atoms with Crippen LogP contribution < -0.4 is 4.90 Å². The van der Waals surface area contributed by atoms with E-state index in [0.717, 1.165) is 21.9 Å². The van der Waals surface area contributed by atoms with Crippen molar-refractivity contribution in [2.45, 2.75) is 31.7 Å². The maximum absolute atomic E-state index is 13.1. The largest absolute Gasteiger partial charge is 0.417 e. The third-order valence-corrected chi connectivity index (χ3v) is 3.66. The molecule has 1 aromatic carbocycles. The molecule has 0 heterocycles. The van der Waals surface area contributed by atoms with Gasteiger partial charge < -0.3 is 9.80 Å². The second-order valence-electron chi connectivity index (χ2n) is 5.81. The van der Waals surface area contributed by atoms with E-state index < -0.39 is 48.4 Å². The van der Waals surface area contributed by atoms with Crippen LogP contribution in [0.4, 0.5) is 32.0 Å². The molecule has 0 N–H and O–H groups in total. The van der Waals surface area contributed by atoms with Gasteiger partial charge in [-0.05, 0) is 25.1 Å². The highest BCUT2D eigenvalue weighted by Gasteiger charge is 2.36. The van der Waals surface area contributed by atoms with Gasteiger partial charge in [-0.15, -0.1) is 0 Å². The zero-order chi connectivity index (χ0) is 20.3. The van der Waals surface area contributed by atoms with Gasteiger partial charge in [0.25, 0.3) is 0 Å². The Morgan fingerprint density at radius 3 is 2.19 bits per heavy atom. The Morgan fingerprint density at radius 1 is 1.19 bits per heavy atom. The monoisotopic (exact) mass is 381 g/mol. The van der Waals surface area contributed by atoms with E-state index in [1.807, 2.05) is 0 Å². The van der Waals surface area contributed by atoms with Gasteiger partial charge in [-0.2, -0.15) is 31.6 Å². The van der Waals surface area contributed by atoms with Crippen molar-refractivity contribution < 1.29 is 31.1 Å². The summed E-state index contributed by atoms with van der Waals surface area (Å²) in [4.78, 5) is 14.2. The Morgan fingerprint density at radius 2 is 1.77 bits per heavy atom. The van der Waals surface area contributed by atoms with Gasteiger partial charge in [-0.25, -0.2) is 0 Å². The maximum Gasteiger partial charge on any atom is 0.417 e. The molecule has 4 nitrogen and oxygen atoms in total. The number of amides is 1. The highest BCUT2D eigenvalue weighted by Crippen LogP contribution is 2.35. The van der Waals surface area contributed by atoms with E-state index in [9.17, 15) is 31.1 Å². The molecule has 0 aromatic heterocycles. The molecule has 1 unspecified atom stereocenters. The lowest BCUT2D eigenvalue weighted by molar-refractivity contribution is -0.138. The van der Waals surface area contributed by atoms with Gasteiger partial charge in [0.15, 0.2) is 0 Å². The number of carbonyl (C=O) groups is 1. The van der Waals surface area contributed by atoms with Crippen LogP contribution in [0.5, 0.6) is 0 Å². The van der Waals surface area contributed by atoms with Crippen molar-refractivity contribution in [1.29, 1.82) is 5.26 Å². The minimum absolute atomic E-state index is 0.219. The van der Waals surface area contributed by atoms with E-state index in [1.165, 1.54) is 27.1 Å². The van der Waals surface area contributed by atoms with Gasteiger partial charge in [0, 0.05) is 26.3 Å². The van der Waals surface area contributed by atoms with Gasteiger partial charge in [-0.1, -0.05) is 0 Å². The average Bonchev–Trinajstić information content (AvgIpc) is 2.51. The number of hydrogen-bond acceptors (Lipinski definition) is 3. The molecule has 1 rings (SSSR count). The summed E-state index contributed by atoms with van der Waals surface area (Å²) in [6.45, 7) is 0.609. The third-order valence-electron chi connectivity index (χ3n) is 3.66. The zero-order valence-corrected chi connectivity index (χ0v) is 14.2. The Hall–Kier alpha value is -2.44. The summed E-state index contributed by atoms with van der Waals surface area (Å²) < 4.78 is 77.1. The molecule has 0 saturated heterocycles. The van der Waals surface area contributed by atoms with E-state index in [-0.39, 0.29) is 5.69 Å². The molecule has 0 fully saturated rings. The van der Waals surface area contributed by atoms with E-state index in [1.54, 1.807) is 0 Å². The highest BCUT2D eigenvalue weighted by atomic mass is 19.4. The molecule has 0 aliphatic rings. The fourth-order valence-corrected chi connectivity index (χ4v) is 2.34. The van der Waals surface area contributed by atoms with Gasteiger partial charge in [-0.3, -0.25) is 4.79 Å². The molecule has 144 valence electrons. The lowest BCUT2D eigenvalue weighted by Gasteiger charge is -2.33. The molecule has 1 aromatic rings. The van der Waals surface area contributed by atoms with Crippen molar-refractivity contribution in [2.24, 2.45) is 0 Å². The predicted molar refractivity (Wildman–Crippen MR) is 82.3 cm³/mol. The molecule has 1 amide bonds. The first-order valence-corrected chi connectivity index (χ1v) is 7.44. The molecule has 0 bridgehead atoms. The normalized spacial score (nSPS) is 13.1. The second kappa shape index (κ2) is 7.85. The van der Waals surface area contributed by atoms with Crippen LogP contribution in [0.15, 0.2) is 18.2 Å². The number of hydrogen-bond donors (Lipinski definition) is 0. The highest BCUT2D eigenvalue weighted by molar-refractivity contribution is 5.84. The zero-order valence-electron chi connectivity index (χ0n) is 14.2. The smallest absolute Gasteiger partial charge is 0.359 e.